The van der Waals surface area contributed by atoms with E-state index < -0.39 is 55.0 Å². The number of fused-ring (bicyclic) bond motifs is 2. The van der Waals surface area contributed by atoms with Crippen molar-refractivity contribution in [2.24, 2.45) is 0 Å². The van der Waals surface area contributed by atoms with Gasteiger partial charge in [0.1, 0.15) is 35.4 Å². The first-order valence-corrected chi connectivity index (χ1v) is 18.1. The Kier molecular flexibility index (Phi) is 10.2. The first-order valence-electron chi connectivity index (χ1n) is 12.6. The quantitative estimate of drug-likeness (QED) is 0.0998. The van der Waals surface area contributed by atoms with Gasteiger partial charge in [-0.1, -0.05) is 12.2 Å². The Bertz CT molecular complexity index is 1760. The van der Waals surface area contributed by atoms with Gasteiger partial charge in [-0.3, -0.25) is 18.9 Å². The number of nitrogens with two attached hydrogens (primary N) is 2. The number of aliphatic hydroxyl groups is 2. The third-order valence-corrected chi connectivity index (χ3v) is 9.98. The Balaban J connectivity index is 0.00000123. The van der Waals surface area contributed by atoms with Crippen LogP contribution in [0.5, 0.6) is 0 Å². The summed E-state index contributed by atoms with van der Waals surface area (Å²) in [4.78, 5) is 41.8. The normalized spacial score (nSPS) is 28.3. The van der Waals surface area contributed by atoms with Crippen LogP contribution in [0, 0.1) is 0 Å². The fourth-order valence-electron chi connectivity index (χ4n) is 4.93. The number of aromatic nitrogens is 7. The van der Waals surface area contributed by atoms with Crippen molar-refractivity contribution in [1.29, 1.82) is 0 Å². The van der Waals surface area contributed by atoms with Gasteiger partial charge in [0.25, 0.3) is 5.56 Å². The number of halogens is 1. The van der Waals surface area contributed by atoms with E-state index in [4.69, 9.17) is 41.6 Å². The van der Waals surface area contributed by atoms with E-state index in [0.717, 1.165) is 0 Å². The Morgan fingerprint density at radius 2 is 2.07 bits per heavy atom. The molecule has 1 unspecified atom stereocenters. The van der Waals surface area contributed by atoms with Gasteiger partial charge >= 0.3 is 6.72 Å². The topological polar surface area (TPSA) is 252 Å². The van der Waals surface area contributed by atoms with Crippen LogP contribution in [0.4, 0.5) is 16.2 Å². The van der Waals surface area contributed by atoms with Gasteiger partial charge in [0, 0.05) is 11.4 Å². The number of ether oxygens (including phenoxy) is 1. The molecule has 0 saturated carbocycles. The molecule has 0 aromatic carbocycles. The highest BCUT2D eigenvalue weighted by Gasteiger charge is 2.47. The maximum Gasteiger partial charge on any atom is 0.324 e. The molecule has 0 spiro atoms. The summed E-state index contributed by atoms with van der Waals surface area (Å²) in [6.07, 6.45) is -2.28. The third-order valence-electron chi connectivity index (χ3n) is 6.85. The predicted octanol–water partition coefficient (Wildman–Crippen LogP) is 1.06. The maximum absolute atomic E-state index is 15.1. The van der Waals surface area contributed by atoms with Gasteiger partial charge in [0.2, 0.25) is 13.6 Å². The van der Waals surface area contributed by atoms with Gasteiger partial charge in [-0.25, -0.2) is 19.3 Å². The largest absolute Gasteiger partial charge is 0.395 e. The Labute approximate surface area is 263 Å². The molecule has 4 aromatic heterocycles. The van der Waals surface area contributed by atoms with Crippen LogP contribution in [0.15, 0.2) is 29.7 Å². The van der Waals surface area contributed by atoms with Crippen molar-refractivity contribution in [3.63, 3.8) is 0 Å². The minimum Gasteiger partial charge on any atom is -0.395 e. The number of H-pyrrole nitrogens is 1. The number of anilines is 2. The Morgan fingerprint density at radius 1 is 1.32 bits per heavy atom. The number of hydrogen-bond donors (Lipinski definition) is 7. The van der Waals surface area contributed by atoms with Crippen molar-refractivity contribution in [2.75, 3.05) is 24.7 Å². The van der Waals surface area contributed by atoms with Gasteiger partial charge in [-0.15, -0.1) is 11.8 Å². The minimum atomic E-state index is -3.99. The van der Waals surface area contributed by atoms with Crippen molar-refractivity contribution in [2.45, 2.75) is 47.8 Å². The van der Waals surface area contributed by atoms with Gasteiger partial charge in [-0.05, 0) is 24.3 Å². The van der Waals surface area contributed by atoms with Crippen LogP contribution in [-0.4, -0.2) is 92.1 Å². The van der Waals surface area contributed by atoms with E-state index in [1.165, 1.54) is 35.2 Å². The molecule has 0 bridgehead atoms. The number of aliphatic hydroxyl groups excluding tert-OH is 2. The molecule has 0 radical (unpaired) electrons. The molecule has 2 aliphatic rings. The van der Waals surface area contributed by atoms with Gasteiger partial charge in [0.15, 0.2) is 23.6 Å². The summed E-state index contributed by atoms with van der Waals surface area (Å²) in [5.41, 5.74) is 11.6. The molecule has 6 rings (SSSR count). The Hall–Kier alpha value is -2.29. The van der Waals surface area contributed by atoms with Crippen LogP contribution in [0.3, 0.4) is 0 Å². The highest BCUT2D eigenvalue weighted by molar-refractivity contribution is 8.33. The van der Waals surface area contributed by atoms with Gasteiger partial charge in [0.05, 0.1) is 31.0 Å². The van der Waals surface area contributed by atoms with Crippen molar-refractivity contribution in [3.8, 4) is 0 Å². The lowest BCUT2D eigenvalue weighted by Gasteiger charge is -2.26. The highest BCUT2D eigenvalue weighted by atomic mass is 32.7. The lowest BCUT2D eigenvalue weighted by molar-refractivity contribution is -0.0448. The Morgan fingerprint density at radius 3 is 2.80 bits per heavy atom. The summed E-state index contributed by atoms with van der Waals surface area (Å²) in [7, 11) is -0.139. The summed E-state index contributed by atoms with van der Waals surface area (Å²) < 4.78 is 43.9. The summed E-state index contributed by atoms with van der Waals surface area (Å²) in [6.45, 7) is -4.65. The van der Waals surface area contributed by atoms with E-state index >= 15 is 4.39 Å². The smallest absolute Gasteiger partial charge is 0.324 e. The second-order valence-corrected chi connectivity index (χ2v) is 14.4. The zero-order valence-electron chi connectivity index (χ0n) is 22.2. The summed E-state index contributed by atoms with van der Waals surface area (Å²) in [6, 6.07) is 1.61. The maximum atomic E-state index is 15.1. The second-order valence-electron chi connectivity index (χ2n) is 9.55. The van der Waals surface area contributed by atoms with Crippen molar-refractivity contribution >= 4 is 84.2 Å². The number of hydrogen-bond acceptors (Lipinski definition) is 15. The average Bonchev–Trinajstić information content (AvgIpc) is 3.74. The molecule has 238 valence electrons. The molecule has 23 heteroatoms. The van der Waals surface area contributed by atoms with Crippen molar-refractivity contribution < 1.29 is 37.8 Å². The molecule has 2 aliphatic heterocycles. The van der Waals surface area contributed by atoms with Crippen LogP contribution in [0.1, 0.15) is 18.0 Å². The van der Waals surface area contributed by atoms with E-state index in [9.17, 15) is 19.9 Å². The fourth-order valence-corrected chi connectivity index (χ4v) is 7.88. The number of rotatable bonds is 8. The molecule has 17 nitrogen and oxygen atoms in total. The zero-order valence-corrected chi connectivity index (χ0v) is 26.5. The number of aromatic amines is 1. The van der Waals surface area contributed by atoms with Crippen LogP contribution >= 0.6 is 38.4 Å². The molecule has 2 fully saturated rings. The third kappa shape index (κ3) is 6.63. The molecule has 8 N–H and O–H groups in total. The van der Waals surface area contributed by atoms with Crippen LogP contribution in [-0.2, 0) is 30.2 Å². The van der Waals surface area contributed by atoms with E-state index in [0.29, 0.717) is 11.0 Å². The van der Waals surface area contributed by atoms with E-state index in [2.05, 4.69) is 37.2 Å². The number of nitrogens with one attached hydrogen (secondary N) is 1. The standard InChI is InChI=1S/C21H25FN9O7PS2.HOPS/c22-12-14(33)11(37-19(12)30-2-1-9-15(23)25-6-26-16(9)30)5-36-39(35,40)38-10-3-8(4-32)41-20(10)31-7-27-13-17(31)28-21(24)29-18(13)34;1-2-3/h1-2,6-8,10-12,14,19-20,32-33H,3-5H2,(H,35,40)(H2,23,25,26)(H3,24,28,29,34);(H,1,3)/t8-,10+,11+,12-,14+,19+,20+,39?;/m0./s1. The fraction of sp³-hybridized carbons (Fsp3) is 0.476. The van der Waals surface area contributed by atoms with Crippen LogP contribution in [0.25, 0.3) is 22.2 Å². The summed E-state index contributed by atoms with van der Waals surface area (Å²) >= 11 is 9.75. The lowest BCUT2D eigenvalue weighted by Crippen LogP contribution is -2.31. The number of nitrogens with zero attached hydrogens (tertiary/aromatic N) is 6. The molecule has 2 saturated heterocycles. The van der Waals surface area contributed by atoms with Gasteiger partial charge < -0.3 is 44.9 Å². The molecule has 0 amide bonds. The average molecular weight is 710 g/mol. The number of imidazole rings is 1. The van der Waals surface area contributed by atoms with Crippen LogP contribution < -0.4 is 17.0 Å². The number of nitrogen functional groups attached to an aromatic ring is 2. The number of thiol groups is 1. The number of thioether (sulfide) groups is 1. The number of alkyl halides is 1. The highest BCUT2D eigenvalue weighted by Crippen LogP contribution is 2.53. The molecule has 0 aliphatic carbocycles. The van der Waals surface area contributed by atoms with Crippen LogP contribution in [0.2, 0.25) is 0 Å². The second kappa shape index (κ2) is 13.6. The molecule has 8 atom stereocenters. The molecular formula is C21H26FN9O8P2S3. The predicted molar refractivity (Wildman–Crippen MR) is 165 cm³/mol. The molecule has 6 heterocycles. The first kappa shape index (κ1) is 33.1. The SMILES string of the molecule is Nc1nc2c(ncn2[C@@H]2S[C@H](CO)C[C@H]2OP(O)(=S)OC[C@H]2O[C@@H](n3ccc4c(N)ncnc43)[C@@H](F)[C@@H]2O)c(=O)[nH]1.O=PS. The van der Waals surface area contributed by atoms with E-state index in [-0.39, 0.29) is 48.9 Å². The summed E-state index contributed by atoms with van der Waals surface area (Å²) in [5, 5.41) is 19.9. The molecular weight excluding hydrogens is 683 g/mol. The van der Waals surface area contributed by atoms with Crippen molar-refractivity contribution in [3.05, 3.63) is 35.3 Å². The lowest BCUT2D eigenvalue weighted by atomic mass is 10.1. The molecule has 44 heavy (non-hydrogen) atoms. The van der Waals surface area contributed by atoms with Crippen molar-refractivity contribution in [1.82, 2.24) is 34.1 Å². The van der Waals surface area contributed by atoms with E-state index in [1.807, 2.05) is 0 Å². The summed E-state index contributed by atoms with van der Waals surface area (Å²) in [5.74, 6) is 0.102. The van der Waals surface area contributed by atoms with E-state index in [1.54, 1.807) is 10.6 Å². The molecule has 4 aromatic rings. The monoisotopic (exact) mass is 709 g/mol. The first-order chi connectivity index (χ1) is 21.0. The van der Waals surface area contributed by atoms with Gasteiger partial charge in [-0.2, -0.15) is 4.98 Å². The zero-order chi connectivity index (χ0) is 31.8. The minimum absolute atomic E-state index is 0.0537.